The van der Waals surface area contributed by atoms with Crippen molar-refractivity contribution in [3.8, 4) is 0 Å². The molecule has 1 saturated heterocycles. The lowest BCUT2D eigenvalue weighted by atomic mass is 9.94. The van der Waals surface area contributed by atoms with E-state index in [1.807, 2.05) is 41.5 Å². The number of carbonyl (C=O) groups excluding carboxylic acids is 1. The third-order valence-electron chi connectivity index (χ3n) is 4.23. The van der Waals surface area contributed by atoms with Crippen LogP contribution in [0.3, 0.4) is 0 Å². The third-order valence-corrected chi connectivity index (χ3v) is 4.23. The first-order valence-corrected chi connectivity index (χ1v) is 9.67. The molecule has 0 aliphatic carbocycles. The van der Waals surface area contributed by atoms with E-state index in [2.05, 4.69) is 20.9 Å². The molecule has 0 unspecified atom stereocenters. The first kappa shape index (κ1) is 23.5. The number of hydrogen-bond donors (Lipinski definition) is 3. The standard InChI is InChI=1S/C19H38N4O4/c1-8-20-15(22-14-19(25-7)9-11-26-12-10-19)21-13-18(5,6)23-16(24)27-17(2,3)4/h8-14H2,1-7H3,(H,23,24)(H2,20,21,22). The molecule has 3 N–H and O–H groups in total. The topological polar surface area (TPSA) is 93.2 Å². The van der Waals surface area contributed by atoms with Crippen molar-refractivity contribution in [1.29, 1.82) is 0 Å². The highest BCUT2D eigenvalue weighted by atomic mass is 16.6. The van der Waals surface area contributed by atoms with Crippen LogP contribution in [0.2, 0.25) is 0 Å². The van der Waals surface area contributed by atoms with Crippen LogP contribution in [0.15, 0.2) is 4.99 Å². The zero-order valence-corrected chi connectivity index (χ0v) is 18.0. The molecule has 8 heteroatoms. The van der Waals surface area contributed by atoms with Gasteiger partial charge in [-0.3, -0.25) is 4.99 Å². The van der Waals surface area contributed by atoms with E-state index in [1.165, 1.54) is 0 Å². The molecule has 1 fully saturated rings. The Kier molecular flexibility index (Phi) is 8.81. The molecule has 0 bridgehead atoms. The van der Waals surface area contributed by atoms with Crippen LogP contribution >= 0.6 is 0 Å². The molecule has 0 aromatic heterocycles. The first-order valence-electron chi connectivity index (χ1n) is 9.67. The van der Waals surface area contributed by atoms with Crippen LogP contribution in [0.25, 0.3) is 0 Å². The van der Waals surface area contributed by atoms with Crippen molar-refractivity contribution in [2.75, 3.05) is 40.0 Å². The second-order valence-corrected chi connectivity index (χ2v) is 8.56. The van der Waals surface area contributed by atoms with E-state index in [0.717, 1.165) is 19.4 Å². The maximum atomic E-state index is 12.0. The number of guanidine groups is 1. The van der Waals surface area contributed by atoms with Gasteiger partial charge in [0.2, 0.25) is 0 Å². The Bertz CT molecular complexity index is 494. The summed E-state index contributed by atoms with van der Waals surface area (Å²) in [5, 5.41) is 9.47. The highest BCUT2D eigenvalue weighted by Gasteiger charge is 2.32. The lowest BCUT2D eigenvalue weighted by molar-refractivity contribution is -0.0855. The summed E-state index contributed by atoms with van der Waals surface area (Å²) >= 11 is 0. The van der Waals surface area contributed by atoms with Gasteiger partial charge in [-0.25, -0.2) is 4.79 Å². The molecule has 1 amide bonds. The Balaban J connectivity index is 2.64. The largest absolute Gasteiger partial charge is 0.444 e. The second kappa shape index (κ2) is 10.1. The van der Waals surface area contributed by atoms with E-state index in [1.54, 1.807) is 7.11 Å². The maximum absolute atomic E-state index is 12.0. The van der Waals surface area contributed by atoms with Gasteiger partial charge in [-0.15, -0.1) is 0 Å². The van der Waals surface area contributed by atoms with Gasteiger partial charge in [0.1, 0.15) is 5.60 Å². The van der Waals surface area contributed by atoms with Crippen LogP contribution in [-0.2, 0) is 14.2 Å². The Morgan fingerprint density at radius 3 is 2.30 bits per heavy atom. The van der Waals surface area contributed by atoms with Crippen molar-refractivity contribution < 1.29 is 19.0 Å². The van der Waals surface area contributed by atoms with Gasteiger partial charge >= 0.3 is 6.09 Å². The SMILES string of the molecule is CCNC(=NCC(C)(C)NC(=O)OC(C)(C)C)NCC1(OC)CCOCC1. The summed E-state index contributed by atoms with van der Waals surface area (Å²) in [5.74, 6) is 0.694. The Labute approximate surface area is 163 Å². The van der Waals surface area contributed by atoms with Crippen molar-refractivity contribution in [3.05, 3.63) is 0 Å². The van der Waals surface area contributed by atoms with Crippen LogP contribution in [0.1, 0.15) is 54.4 Å². The summed E-state index contributed by atoms with van der Waals surface area (Å²) in [7, 11) is 1.74. The summed E-state index contributed by atoms with van der Waals surface area (Å²) < 4.78 is 16.5. The quantitative estimate of drug-likeness (QED) is 0.458. The molecule has 1 aliphatic rings. The lowest BCUT2D eigenvalue weighted by Crippen LogP contribution is -2.52. The third kappa shape index (κ3) is 9.28. The number of hydrogen-bond acceptors (Lipinski definition) is 5. The van der Waals surface area contributed by atoms with E-state index < -0.39 is 17.2 Å². The fourth-order valence-corrected chi connectivity index (χ4v) is 2.68. The molecule has 0 radical (unpaired) electrons. The van der Waals surface area contributed by atoms with Crippen LogP contribution in [-0.4, -0.2) is 68.8 Å². The number of methoxy groups -OCH3 is 1. The molecule has 0 atom stereocenters. The van der Waals surface area contributed by atoms with Gasteiger partial charge in [0.05, 0.1) is 17.7 Å². The maximum Gasteiger partial charge on any atom is 0.408 e. The van der Waals surface area contributed by atoms with Crippen molar-refractivity contribution in [3.63, 3.8) is 0 Å². The molecule has 8 nitrogen and oxygen atoms in total. The number of nitrogens with one attached hydrogen (secondary N) is 3. The fraction of sp³-hybridized carbons (Fsp3) is 0.895. The number of alkyl carbamates (subject to hydrolysis) is 1. The number of nitrogens with zero attached hydrogens (tertiary/aromatic N) is 1. The normalized spacial score (nSPS) is 18.0. The van der Waals surface area contributed by atoms with E-state index in [9.17, 15) is 4.79 Å². The molecular weight excluding hydrogens is 348 g/mol. The molecule has 0 aromatic rings. The fourth-order valence-electron chi connectivity index (χ4n) is 2.68. The van der Waals surface area contributed by atoms with E-state index in [0.29, 0.717) is 32.3 Å². The van der Waals surface area contributed by atoms with Crippen molar-refractivity contribution in [2.45, 2.75) is 71.1 Å². The molecule has 0 saturated carbocycles. The van der Waals surface area contributed by atoms with Gasteiger partial charge in [-0.1, -0.05) is 0 Å². The zero-order valence-electron chi connectivity index (χ0n) is 18.0. The van der Waals surface area contributed by atoms with Crippen molar-refractivity contribution >= 4 is 12.1 Å². The Hall–Kier alpha value is -1.54. The van der Waals surface area contributed by atoms with Crippen LogP contribution in [0.5, 0.6) is 0 Å². The summed E-state index contributed by atoms with van der Waals surface area (Å²) in [6.45, 7) is 14.6. The summed E-state index contributed by atoms with van der Waals surface area (Å²) in [5.41, 5.74) is -1.31. The zero-order chi connectivity index (χ0) is 20.6. The predicted molar refractivity (Wildman–Crippen MR) is 107 cm³/mol. The van der Waals surface area contributed by atoms with Crippen LogP contribution in [0, 0.1) is 0 Å². The number of amides is 1. The molecule has 158 valence electrons. The summed E-state index contributed by atoms with van der Waals surface area (Å²) in [6.07, 6.45) is 1.25. The minimum atomic E-state index is -0.539. The second-order valence-electron chi connectivity index (χ2n) is 8.56. The van der Waals surface area contributed by atoms with Crippen molar-refractivity contribution in [2.24, 2.45) is 4.99 Å². The molecular formula is C19H38N4O4. The van der Waals surface area contributed by atoms with Crippen LogP contribution < -0.4 is 16.0 Å². The van der Waals surface area contributed by atoms with Gasteiger partial charge in [0, 0.05) is 46.3 Å². The van der Waals surface area contributed by atoms with E-state index in [-0.39, 0.29) is 5.60 Å². The molecule has 0 spiro atoms. The van der Waals surface area contributed by atoms with E-state index in [4.69, 9.17) is 14.2 Å². The number of aliphatic imine (C=N–C) groups is 1. The number of rotatable bonds is 7. The molecule has 0 aromatic carbocycles. The monoisotopic (exact) mass is 386 g/mol. The minimum Gasteiger partial charge on any atom is -0.444 e. The van der Waals surface area contributed by atoms with Gasteiger partial charge in [0.25, 0.3) is 0 Å². The highest BCUT2D eigenvalue weighted by Crippen LogP contribution is 2.23. The van der Waals surface area contributed by atoms with Gasteiger partial charge < -0.3 is 30.2 Å². The smallest absolute Gasteiger partial charge is 0.408 e. The van der Waals surface area contributed by atoms with Gasteiger partial charge in [-0.2, -0.15) is 0 Å². The van der Waals surface area contributed by atoms with Gasteiger partial charge in [0.15, 0.2) is 5.96 Å². The Morgan fingerprint density at radius 2 is 1.78 bits per heavy atom. The molecule has 1 aliphatic heterocycles. The van der Waals surface area contributed by atoms with E-state index >= 15 is 0 Å². The first-order chi connectivity index (χ1) is 12.5. The highest BCUT2D eigenvalue weighted by molar-refractivity contribution is 5.80. The molecule has 1 rings (SSSR count). The average molecular weight is 387 g/mol. The van der Waals surface area contributed by atoms with Gasteiger partial charge in [-0.05, 0) is 41.5 Å². The average Bonchev–Trinajstić information content (AvgIpc) is 2.56. The lowest BCUT2D eigenvalue weighted by Gasteiger charge is -2.36. The molecule has 1 heterocycles. The van der Waals surface area contributed by atoms with Crippen molar-refractivity contribution in [1.82, 2.24) is 16.0 Å². The molecule has 27 heavy (non-hydrogen) atoms. The number of ether oxygens (including phenoxy) is 3. The minimum absolute atomic E-state index is 0.237. The Morgan fingerprint density at radius 1 is 1.15 bits per heavy atom. The predicted octanol–water partition coefficient (Wildman–Crippen LogP) is 2.04. The summed E-state index contributed by atoms with van der Waals surface area (Å²) in [4.78, 5) is 16.6. The number of carbonyl (C=O) groups is 1. The summed E-state index contributed by atoms with van der Waals surface area (Å²) in [6, 6.07) is 0. The van der Waals surface area contributed by atoms with Crippen LogP contribution in [0.4, 0.5) is 4.79 Å².